The molecule has 6 nitrogen and oxygen atoms in total. The summed E-state index contributed by atoms with van der Waals surface area (Å²) in [5.74, 6) is -1.26. The Morgan fingerprint density at radius 1 is 1.07 bits per heavy atom. The zero-order valence-corrected chi connectivity index (χ0v) is 16.1. The smallest absolute Gasteiger partial charge is 0.360 e. The van der Waals surface area contributed by atoms with Crippen LogP contribution in [-0.4, -0.2) is 38.6 Å². The summed E-state index contributed by atoms with van der Waals surface area (Å²) in [4.78, 5) is 31.0. The molecule has 0 unspecified atom stereocenters. The minimum absolute atomic E-state index is 0.00362. The highest BCUT2D eigenvalue weighted by molar-refractivity contribution is 5.88. The van der Waals surface area contributed by atoms with Gasteiger partial charge in [-0.25, -0.2) is 9.78 Å². The average Bonchev–Trinajstić information content (AvgIpc) is 2.67. The van der Waals surface area contributed by atoms with Gasteiger partial charge in [0.1, 0.15) is 0 Å². The third-order valence-electron chi connectivity index (χ3n) is 6.00. The lowest BCUT2D eigenvalue weighted by molar-refractivity contribution is 0.0687. The first-order valence-electron chi connectivity index (χ1n) is 10.3. The topological polar surface area (TPSA) is 75.4 Å². The quantitative estimate of drug-likeness (QED) is 0.871. The Kier molecular flexibility index (Phi) is 5.46. The predicted molar refractivity (Wildman–Crippen MR) is 109 cm³/mol. The molecule has 2 aromatic rings. The van der Waals surface area contributed by atoms with E-state index >= 15 is 0 Å². The van der Waals surface area contributed by atoms with Gasteiger partial charge in [0.25, 0.3) is 5.56 Å². The number of aromatic nitrogens is 2. The van der Waals surface area contributed by atoms with Crippen LogP contribution in [0.5, 0.6) is 0 Å². The number of nitrogens with zero attached hydrogens (tertiary/aromatic N) is 3. The van der Waals surface area contributed by atoms with E-state index in [1.54, 1.807) is 10.6 Å². The standard InChI is InChI=1S/C22H27N3O3/c26-21-20(22(27)28)23-18-10-6-7-11-19(18)25(21)17-12-14-24(15-13-17)16-8-4-2-1-3-5-9-16/h6-8,10-11,17H,1-5,9,12-15H2,(H,27,28)/b16-8+. The first kappa shape index (κ1) is 18.7. The summed E-state index contributed by atoms with van der Waals surface area (Å²) in [6.07, 6.45) is 11.5. The van der Waals surface area contributed by atoms with Crippen LogP contribution in [0.2, 0.25) is 0 Å². The summed E-state index contributed by atoms with van der Waals surface area (Å²) in [5, 5.41) is 9.42. The van der Waals surface area contributed by atoms with E-state index in [1.807, 2.05) is 18.2 Å². The number of rotatable bonds is 3. The molecule has 4 rings (SSSR count). The number of hydrogen-bond acceptors (Lipinski definition) is 4. The van der Waals surface area contributed by atoms with Gasteiger partial charge >= 0.3 is 5.97 Å². The molecule has 1 N–H and O–H groups in total. The Balaban J connectivity index is 1.61. The van der Waals surface area contributed by atoms with Crippen LogP contribution in [0.1, 0.15) is 67.9 Å². The number of carboxylic acids is 1. The van der Waals surface area contributed by atoms with E-state index in [4.69, 9.17) is 0 Å². The summed E-state index contributed by atoms with van der Waals surface area (Å²) in [6, 6.07) is 7.32. The van der Waals surface area contributed by atoms with Crippen LogP contribution >= 0.6 is 0 Å². The van der Waals surface area contributed by atoms with Gasteiger partial charge in [0.2, 0.25) is 5.69 Å². The zero-order valence-electron chi connectivity index (χ0n) is 16.1. The number of likely N-dealkylation sites (tertiary alicyclic amines) is 1. The molecule has 1 aliphatic carbocycles. The molecule has 0 saturated carbocycles. The molecule has 1 fully saturated rings. The molecule has 148 valence electrons. The first-order valence-corrected chi connectivity index (χ1v) is 10.3. The van der Waals surface area contributed by atoms with E-state index < -0.39 is 11.5 Å². The largest absolute Gasteiger partial charge is 0.476 e. The number of allylic oxidation sites excluding steroid dienone is 2. The van der Waals surface area contributed by atoms with E-state index in [2.05, 4.69) is 16.0 Å². The molecule has 0 atom stereocenters. The summed E-state index contributed by atoms with van der Waals surface area (Å²) in [6.45, 7) is 1.81. The molecule has 0 radical (unpaired) electrons. The van der Waals surface area contributed by atoms with E-state index in [-0.39, 0.29) is 11.7 Å². The second kappa shape index (κ2) is 8.17. The lowest BCUT2D eigenvalue weighted by atomic mass is 9.99. The van der Waals surface area contributed by atoms with Gasteiger partial charge in [-0.15, -0.1) is 0 Å². The van der Waals surface area contributed by atoms with Crippen molar-refractivity contribution in [2.24, 2.45) is 0 Å². The fraction of sp³-hybridized carbons (Fsp3) is 0.500. The Morgan fingerprint density at radius 2 is 1.82 bits per heavy atom. The maximum absolute atomic E-state index is 12.9. The molecule has 0 amide bonds. The highest BCUT2D eigenvalue weighted by Gasteiger charge is 2.26. The van der Waals surface area contributed by atoms with Crippen LogP contribution in [-0.2, 0) is 0 Å². The highest BCUT2D eigenvalue weighted by atomic mass is 16.4. The van der Waals surface area contributed by atoms with Gasteiger partial charge in [-0.1, -0.05) is 31.1 Å². The van der Waals surface area contributed by atoms with E-state index in [0.29, 0.717) is 5.52 Å². The van der Waals surface area contributed by atoms with Gasteiger partial charge in [0.15, 0.2) is 0 Å². The second-order valence-corrected chi connectivity index (χ2v) is 7.80. The summed E-state index contributed by atoms with van der Waals surface area (Å²) in [7, 11) is 0. The number of carboxylic acid groups (broad SMARTS) is 1. The number of carbonyl (C=O) groups is 1. The van der Waals surface area contributed by atoms with Gasteiger partial charge in [-0.2, -0.15) is 0 Å². The van der Waals surface area contributed by atoms with Gasteiger partial charge in [0, 0.05) is 24.8 Å². The normalized spacial score (nSPS) is 21.0. The van der Waals surface area contributed by atoms with Crippen LogP contribution in [0.3, 0.4) is 0 Å². The van der Waals surface area contributed by atoms with Crippen molar-refractivity contribution < 1.29 is 9.90 Å². The summed E-state index contributed by atoms with van der Waals surface area (Å²) >= 11 is 0. The third-order valence-corrected chi connectivity index (χ3v) is 6.00. The molecule has 28 heavy (non-hydrogen) atoms. The molecular weight excluding hydrogens is 354 g/mol. The zero-order chi connectivity index (χ0) is 19.5. The number of benzene rings is 1. The van der Waals surface area contributed by atoms with Crippen LogP contribution in [0.25, 0.3) is 11.0 Å². The Morgan fingerprint density at radius 3 is 2.61 bits per heavy atom. The van der Waals surface area contributed by atoms with Crippen molar-refractivity contribution >= 4 is 17.0 Å². The van der Waals surface area contributed by atoms with Gasteiger partial charge in [-0.05, 0) is 50.7 Å². The summed E-state index contributed by atoms with van der Waals surface area (Å²) in [5.41, 5.74) is 1.86. The Bertz CT molecular complexity index is 955. The van der Waals surface area contributed by atoms with Gasteiger partial charge in [-0.3, -0.25) is 4.79 Å². The van der Waals surface area contributed by atoms with Crippen molar-refractivity contribution in [3.63, 3.8) is 0 Å². The molecule has 6 heteroatoms. The lowest BCUT2D eigenvalue weighted by Crippen LogP contribution is -2.39. The molecular formula is C22H27N3O3. The lowest BCUT2D eigenvalue weighted by Gasteiger charge is -2.36. The molecule has 0 spiro atoms. The third kappa shape index (κ3) is 3.68. The number of fused-ring (bicyclic) bond motifs is 1. The number of piperidine rings is 1. The van der Waals surface area contributed by atoms with Crippen molar-refractivity contribution in [3.8, 4) is 0 Å². The molecule has 1 aromatic carbocycles. The first-order chi connectivity index (χ1) is 13.6. The van der Waals surface area contributed by atoms with Crippen molar-refractivity contribution in [1.29, 1.82) is 0 Å². The fourth-order valence-electron chi connectivity index (χ4n) is 4.53. The van der Waals surface area contributed by atoms with E-state index in [9.17, 15) is 14.7 Å². The van der Waals surface area contributed by atoms with Gasteiger partial charge < -0.3 is 14.6 Å². The van der Waals surface area contributed by atoms with E-state index in [1.165, 1.54) is 31.4 Å². The Hall–Kier alpha value is -2.63. The molecule has 2 aliphatic rings. The molecule has 2 heterocycles. The second-order valence-electron chi connectivity index (χ2n) is 7.80. The highest BCUT2D eigenvalue weighted by Crippen LogP contribution is 2.29. The minimum atomic E-state index is -1.26. The van der Waals surface area contributed by atoms with Crippen molar-refractivity contribution in [1.82, 2.24) is 14.5 Å². The van der Waals surface area contributed by atoms with Crippen molar-refractivity contribution in [2.45, 2.75) is 57.4 Å². The van der Waals surface area contributed by atoms with E-state index in [0.717, 1.165) is 44.3 Å². The monoisotopic (exact) mass is 381 g/mol. The van der Waals surface area contributed by atoms with Gasteiger partial charge in [0.05, 0.1) is 11.0 Å². The molecule has 1 aromatic heterocycles. The SMILES string of the molecule is O=C(O)c1nc2ccccc2n(C2CCN(/C3=C/CCCCCC3)CC2)c1=O. The minimum Gasteiger partial charge on any atom is -0.476 e. The Labute approximate surface area is 164 Å². The maximum Gasteiger partial charge on any atom is 0.360 e. The van der Waals surface area contributed by atoms with Crippen LogP contribution in [0, 0.1) is 0 Å². The number of hydrogen-bond donors (Lipinski definition) is 1. The predicted octanol–water partition coefficient (Wildman–Crippen LogP) is 3.97. The molecule has 1 saturated heterocycles. The fourth-order valence-corrected chi connectivity index (χ4v) is 4.53. The average molecular weight is 381 g/mol. The molecule has 0 bridgehead atoms. The maximum atomic E-state index is 12.9. The number of aromatic carboxylic acids is 1. The van der Waals surface area contributed by atoms with Crippen molar-refractivity contribution in [2.75, 3.05) is 13.1 Å². The van der Waals surface area contributed by atoms with Crippen LogP contribution in [0.15, 0.2) is 40.8 Å². The van der Waals surface area contributed by atoms with Crippen molar-refractivity contribution in [3.05, 3.63) is 52.1 Å². The molecule has 1 aliphatic heterocycles. The van der Waals surface area contributed by atoms with Crippen LogP contribution in [0.4, 0.5) is 0 Å². The van der Waals surface area contributed by atoms with Crippen LogP contribution < -0.4 is 5.56 Å². The summed E-state index contributed by atoms with van der Waals surface area (Å²) < 4.78 is 1.68. The number of para-hydroxylation sites is 2.